The maximum absolute atomic E-state index is 4.58. The van der Waals surface area contributed by atoms with Crippen LogP contribution in [0.4, 0.5) is 5.82 Å². The summed E-state index contributed by atoms with van der Waals surface area (Å²) in [4.78, 5) is 4.71. The number of H-pyrrole nitrogens is 1. The van der Waals surface area contributed by atoms with E-state index in [2.05, 4.69) is 67.7 Å². The van der Waals surface area contributed by atoms with Gasteiger partial charge >= 0.3 is 0 Å². The van der Waals surface area contributed by atoms with E-state index >= 15 is 0 Å². The Morgan fingerprint density at radius 2 is 1.82 bits per heavy atom. The van der Waals surface area contributed by atoms with Crippen LogP contribution in [0.25, 0.3) is 22.2 Å². The average molecular weight is 373 g/mol. The van der Waals surface area contributed by atoms with Crippen LogP contribution in [0.15, 0.2) is 54.7 Å². The fourth-order valence-electron chi connectivity index (χ4n) is 3.70. The first-order valence-electron chi connectivity index (χ1n) is 9.62. The lowest BCUT2D eigenvalue weighted by Gasteiger charge is -2.32. The smallest absolute Gasteiger partial charge is 0.158 e. The Morgan fingerprint density at radius 3 is 2.64 bits per heavy atom. The molecule has 1 saturated heterocycles. The number of rotatable bonds is 4. The highest BCUT2D eigenvalue weighted by molar-refractivity contribution is 5.93. The molecule has 0 spiro atoms. The summed E-state index contributed by atoms with van der Waals surface area (Å²) < 4.78 is 1.88. The van der Waals surface area contributed by atoms with Crippen molar-refractivity contribution in [3.05, 3.63) is 60.3 Å². The number of benzene rings is 2. The highest BCUT2D eigenvalue weighted by Gasteiger charge is 2.19. The van der Waals surface area contributed by atoms with Crippen LogP contribution in [-0.2, 0) is 6.54 Å². The molecule has 0 amide bonds. The van der Waals surface area contributed by atoms with Crippen molar-refractivity contribution in [3.63, 3.8) is 0 Å². The van der Waals surface area contributed by atoms with E-state index in [0.717, 1.165) is 54.2 Å². The van der Waals surface area contributed by atoms with Crippen molar-refractivity contribution in [2.45, 2.75) is 6.54 Å². The fourth-order valence-corrected chi connectivity index (χ4v) is 3.70. The molecule has 142 valence electrons. The largest absolute Gasteiger partial charge is 0.352 e. The number of aromatic nitrogens is 5. The van der Waals surface area contributed by atoms with Crippen LogP contribution in [0.1, 0.15) is 5.56 Å². The molecule has 1 N–H and O–H groups in total. The molecular weight excluding hydrogens is 350 g/mol. The van der Waals surface area contributed by atoms with Crippen LogP contribution in [0.3, 0.4) is 0 Å². The van der Waals surface area contributed by atoms with Gasteiger partial charge in [0, 0.05) is 37.1 Å². The minimum absolute atomic E-state index is 0.717. The van der Waals surface area contributed by atoms with Gasteiger partial charge in [0.25, 0.3) is 0 Å². The van der Waals surface area contributed by atoms with Gasteiger partial charge in [-0.05, 0) is 24.7 Å². The Labute approximate surface area is 163 Å². The molecule has 0 aliphatic carbocycles. The van der Waals surface area contributed by atoms with E-state index in [1.807, 2.05) is 29.1 Å². The van der Waals surface area contributed by atoms with Crippen LogP contribution in [0.2, 0.25) is 0 Å². The molecule has 0 unspecified atom stereocenters. The molecule has 4 aromatic rings. The number of nitrogens with zero attached hydrogens (tertiary/aromatic N) is 6. The van der Waals surface area contributed by atoms with Crippen molar-refractivity contribution < 1.29 is 0 Å². The topological polar surface area (TPSA) is 65.9 Å². The van der Waals surface area contributed by atoms with Gasteiger partial charge < -0.3 is 9.80 Å². The fraction of sp³-hybridized carbons (Fsp3) is 0.286. The molecule has 0 radical (unpaired) electrons. The van der Waals surface area contributed by atoms with Crippen molar-refractivity contribution in [1.82, 2.24) is 30.1 Å². The predicted molar refractivity (Wildman–Crippen MR) is 110 cm³/mol. The van der Waals surface area contributed by atoms with Crippen molar-refractivity contribution in [2.24, 2.45) is 0 Å². The average Bonchev–Trinajstić information content (AvgIpc) is 3.36. The van der Waals surface area contributed by atoms with Gasteiger partial charge in [0.05, 0.1) is 18.3 Å². The number of piperazine rings is 1. The standard InChI is InChI=1S/C21H23N7/c1-26-9-11-27(12-10-26)21-18-13-17(7-8-19(18)22-24-21)20-15-28(25-23-20)14-16-5-3-2-4-6-16/h2-8,13,15H,9-12,14H2,1H3,(H,22,24). The zero-order valence-corrected chi connectivity index (χ0v) is 15.9. The van der Waals surface area contributed by atoms with Crippen LogP contribution in [0, 0.1) is 0 Å². The maximum Gasteiger partial charge on any atom is 0.158 e. The predicted octanol–water partition coefficient (Wildman–Crippen LogP) is 2.62. The molecule has 0 saturated carbocycles. The molecule has 1 aliphatic heterocycles. The SMILES string of the molecule is CN1CCN(c2n[nH]c3ccc(-c4cn(Cc5ccccc5)nn4)cc23)CC1. The van der Waals surface area contributed by atoms with Crippen molar-refractivity contribution in [1.29, 1.82) is 0 Å². The lowest BCUT2D eigenvalue weighted by atomic mass is 10.1. The second-order valence-electron chi connectivity index (χ2n) is 7.38. The zero-order chi connectivity index (χ0) is 18.9. The summed E-state index contributed by atoms with van der Waals surface area (Å²) in [5.74, 6) is 1.03. The summed E-state index contributed by atoms with van der Waals surface area (Å²) in [5.41, 5.74) is 4.20. The summed E-state index contributed by atoms with van der Waals surface area (Å²) in [7, 11) is 2.16. The number of fused-ring (bicyclic) bond motifs is 1. The first-order valence-corrected chi connectivity index (χ1v) is 9.62. The summed E-state index contributed by atoms with van der Waals surface area (Å²) in [6, 6.07) is 16.6. The highest BCUT2D eigenvalue weighted by Crippen LogP contribution is 2.29. The van der Waals surface area contributed by atoms with Gasteiger partial charge in [-0.25, -0.2) is 4.68 Å². The van der Waals surface area contributed by atoms with E-state index < -0.39 is 0 Å². The lowest BCUT2D eigenvalue weighted by Crippen LogP contribution is -2.44. The Morgan fingerprint density at radius 1 is 1.00 bits per heavy atom. The highest BCUT2D eigenvalue weighted by atomic mass is 15.4. The van der Waals surface area contributed by atoms with E-state index in [9.17, 15) is 0 Å². The number of aromatic amines is 1. The molecular formula is C21H23N7. The van der Waals surface area contributed by atoms with Gasteiger partial charge in [0.2, 0.25) is 0 Å². The number of nitrogens with one attached hydrogen (secondary N) is 1. The molecule has 5 rings (SSSR count). The Bertz CT molecular complexity index is 1070. The van der Waals surface area contributed by atoms with Crippen molar-refractivity contribution >= 4 is 16.7 Å². The molecule has 1 fully saturated rings. The molecule has 0 atom stereocenters. The molecule has 0 bridgehead atoms. The quantitative estimate of drug-likeness (QED) is 0.596. The number of anilines is 1. The van der Waals surface area contributed by atoms with E-state index in [4.69, 9.17) is 0 Å². The number of hydrogen-bond donors (Lipinski definition) is 1. The zero-order valence-electron chi connectivity index (χ0n) is 15.9. The minimum atomic E-state index is 0.717. The van der Waals surface area contributed by atoms with Gasteiger partial charge in [-0.1, -0.05) is 41.6 Å². The third-order valence-electron chi connectivity index (χ3n) is 5.37. The molecule has 3 heterocycles. The maximum atomic E-state index is 4.58. The normalized spacial score (nSPS) is 15.4. The Hall–Kier alpha value is -3.19. The van der Waals surface area contributed by atoms with E-state index in [0.29, 0.717) is 6.54 Å². The second kappa shape index (κ2) is 7.09. The molecule has 1 aliphatic rings. The van der Waals surface area contributed by atoms with Gasteiger partial charge in [-0.3, -0.25) is 5.10 Å². The van der Waals surface area contributed by atoms with Gasteiger partial charge in [-0.15, -0.1) is 5.10 Å². The van der Waals surface area contributed by atoms with E-state index in [1.165, 1.54) is 5.56 Å². The van der Waals surface area contributed by atoms with Crippen LogP contribution < -0.4 is 4.90 Å². The van der Waals surface area contributed by atoms with Gasteiger partial charge in [-0.2, -0.15) is 5.10 Å². The van der Waals surface area contributed by atoms with E-state index in [1.54, 1.807) is 0 Å². The molecule has 2 aromatic heterocycles. The lowest BCUT2D eigenvalue weighted by molar-refractivity contribution is 0.312. The third kappa shape index (κ3) is 3.25. The minimum Gasteiger partial charge on any atom is -0.352 e. The summed E-state index contributed by atoms with van der Waals surface area (Å²) in [5, 5.41) is 17.6. The molecule has 7 nitrogen and oxygen atoms in total. The first-order chi connectivity index (χ1) is 13.8. The molecule has 28 heavy (non-hydrogen) atoms. The third-order valence-corrected chi connectivity index (χ3v) is 5.37. The number of hydrogen-bond acceptors (Lipinski definition) is 5. The van der Waals surface area contributed by atoms with Crippen molar-refractivity contribution in [3.8, 4) is 11.3 Å². The van der Waals surface area contributed by atoms with Crippen molar-refractivity contribution in [2.75, 3.05) is 38.1 Å². The first kappa shape index (κ1) is 16.9. The van der Waals surface area contributed by atoms with Crippen LogP contribution in [0.5, 0.6) is 0 Å². The van der Waals surface area contributed by atoms with Gasteiger partial charge in [0.15, 0.2) is 5.82 Å². The summed E-state index contributed by atoms with van der Waals surface area (Å²) in [6.07, 6.45) is 2.00. The molecule has 2 aromatic carbocycles. The number of likely N-dealkylation sites (N-methyl/N-ethyl adjacent to an activating group) is 1. The second-order valence-corrected chi connectivity index (χ2v) is 7.38. The van der Waals surface area contributed by atoms with Gasteiger partial charge in [0.1, 0.15) is 5.69 Å². The monoisotopic (exact) mass is 373 g/mol. The van der Waals surface area contributed by atoms with Crippen LogP contribution >= 0.6 is 0 Å². The Kier molecular flexibility index (Phi) is 4.29. The summed E-state index contributed by atoms with van der Waals surface area (Å²) in [6.45, 7) is 4.82. The summed E-state index contributed by atoms with van der Waals surface area (Å²) >= 11 is 0. The van der Waals surface area contributed by atoms with E-state index in [-0.39, 0.29) is 0 Å². The molecule has 7 heteroatoms. The Balaban J connectivity index is 1.43. The van der Waals surface area contributed by atoms with Crippen LogP contribution in [-0.4, -0.2) is 63.3 Å².